The summed E-state index contributed by atoms with van der Waals surface area (Å²) < 4.78 is 57.4. The molecule has 0 bridgehead atoms. The predicted octanol–water partition coefficient (Wildman–Crippen LogP) is 3.33. The van der Waals surface area contributed by atoms with E-state index in [2.05, 4.69) is 0 Å². The molecule has 10 heteroatoms. The number of rotatable bonds is 9. The van der Waals surface area contributed by atoms with Crippen molar-refractivity contribution in [1.29, 1.82) is 0 Å². The van der Waals surface area contributed by atoms with Crippen LogP contribution < -0.4 is 10.5 Å². The van der Waals surface area contributed by atoms with Crippen LogP contribution in [0.3, 0.4) is 0 Å². The Hall–Kier alpha value is -2.43. The molecule has 2 aromatic rings. The van der Waals surface area contributed by atoms with Crippen LogP contribution in [0.5, 0.6) is 11.5 Å². The highest BCUT2D eigenvalue weighted by atomic mass is 32.2. The molecule has 0 atom stereocenters. The summed E-state index contributed by atoms with van der Waals surface area (Å²) in [6, 6.07) is 11.9. The number of sulfonamides is 1. The number of hydrogen-bond donors (Lipinski definition) is 1. The van der Waals surface area contributed by atoms with E-state index < -0.39 is 31.3 Å². The fourth-order valence-corrected chi connectivity index (χ4v) is 6.70. The van der Waals surface area contributed by atoms with Gasteiger partial charge in [0.15, 0.2) is 9.84 Å². The van der Waals surface area contributed by atoms with E-state index in [0.717, 1.165) is 19.1 Å². The minimum atomic E-state index is -3.98. The highest BCUT2D eigenvalue weighted by Gasteiger charge is 2.50. The molecular formula is C23H30N2O6S2. The maximum Gasteiger partial charge on any atom is 0.244 e. The van der Waals surface area contributed by atoms with Crippen LogP contribution in [-0.2, 0) is 24.7 Å². The Morgan fingerprint density at radius 2 is 1.39 bits per heavy atom. The lowest BCUT2D eigenvalue weighted by molar-refractivity contribution is -0.127. The number of sulfone groups is 1. The monoisotopic (exact) mass is 494 g/mol. The van der Waals surface area contributed by atoms with Crippen LogP contribution in [0, 0.1) is 5.92 Å². The Morgan fingerprint density at radius 3 is 1.79 bits per heavy atom. The summed E-state index contributed by atoms with van der Waals surface area (Å²) in [6.45, 7) is 3.99. The minimum absolute atomic E-state index is 0.00844. The number of hydrogen-bond acceptors (Lipinski definition) is 6. The summed E-state index contributed by atoms with van der Waals surface area (Å²) in [5, 5.41) is 0. The third kappa shape index (κ3) is 5.39. The molecule has 0 spiro atoms. The predicted molar refractivity (Wildman–Crippen MR) is 125 cm³/mol. The van der Waals surface area contributed by atoms with E-state index in [-0.39, 0.29) is 22.3 Å². The second kappa shape index (κ2) is 9.44. The molecule has 0 heterocycles. The van der Waals surface area contributed by atoms with E-state index in [1.807, 2.05) is 13.8 Å². The van der Waals surface area contributed by atoms with Gasteiger partial charge in [0, 0.05) is 12.8 Å². The molecule has 1 saturated carbocycles. The van der Waals surface area contributed by atoms with Crippen molar-refractivity contribution in [3.05, 3.63) is 48.5 Å². The average Bonchev–Trinajstić information content (AvgIpc) is 3.23. The molecule has 2 aromatic carbocycles. The maximum absolute atomic E-state index is 13.6. The van der Waals surface area contributed by atoms with Gasteiger partial charge < -0.3 is 10.5 Å². The molecule has 0 aromatic heterocycles. The van der Waals surface area contributed by atoms with Gasteiger partial charge in [-0.3, -0.25) is 4.79 Å². The Bertz CT molecular complexity index is 1200. The normalized spacial score (nSPS) is 16.3. The Balaban J connectivity index is 1.87. The SMILES string of the molecule is CC(C)CN(C1(C(N)=O)CCCC1)S(=O)(=O)c1ccc(Oc2ccc(S(C)(=O)=O)cc2)cc1. The van der Waals surface area contributed by atoms with Crippen molar-refractivity contribution in [1.82, 2.24) is 4.31 Å². The maximum atomic E-state index is 13.6. The molecule has 3 rings (SSSR count). The van der Waals surface area contributed by atoms with Gasteiger partial charge >= 0.3 is 0 Å². The second-order valence-electron chi connectivity index (χ2n) is 8.85. The van der Waals surface area contributed by atoms with E-state index in [9.17, 15) is 21.6 Å². The van der Waals surface area contributed by atoms with Gasteiger partial charge in [0.2, 0.25) is 15.9 Å². The lowest BCUT2D eigenvalue weighted by Crippen LogP contribution is -2.58. The van der Waals surface area contributed by atoms with Crippen molar-refractivity contribution < 1.29 is 26.4 Å². The van der Waals surface area contributed by atoms with Crippen molar-refractivity contribution >= 4 is 25.8 Å². The summed E-state index contributed by atoms with van der Waals surface area (Å²) >= 11 is 0. The van der Waals surface area contributed by atoms with Gasteiger partial charge in [0.05, 0.1) is 9.79 Å². The number of nitrogens with zero attached hydrogens (tertiary/aromatic N) is 1. The quantitative estimate of drug-likeness (QED) is 0.570. The molecule has 8 nitrogen and oxygen atoms in total. The van der Waals surface area contributed by atoms with Crippen molar-refractivity contribution in [2.75, 3.05) is 12.8 Å². The second-order valence-corrected chi connectivity index (χ2v) is 12.7. The van der Waals surface area contributed by atoms with Gasteiger partial charge in [-0.05, 0) is 67.3 Å². The Kier molecular flexibility index (Phi) is 7.21. The summed E-state index contributed by atoms with van der Waals surface area (Å²) in [5.74, 6) is 0.204. The van der Waals surface area contributed by atoms with Crippen LogP contribution in [0.2, 0.25) is 0 Å². The molecule has 2 N–H and O–H groups in total. The van der Waals surface area contributed by atoms with Crippen LogP contribution in [0.15, 0.2) is 58.3 Å². The van der Waals surface area contributed by atoms with Crippen molar-refractivity contribution in [3.63, 3.8) is 0 Å². The molecule has 1 aliphatic rings. The van der Waals surface area contributed by atoms with Gasteiger partial charge in [-0.2, -0.15) is 4.31 Å². The minimum Gasteiger partial charge on any atom is -0.457 e. The molecule has 0 unspecified atom stereocenters. The van der Waals surface area contributed by atoms with E-state index in [1.54, 1.807) is 0 Å². The van der Waals surface area contributed by atoms with Gasteiger partial charge in [-0.15, -0.1) is 0 Å². The fourth-order valence-electron chi connectivity index (χ4n) is 4.11. The topological polar surface area (TPSA) is 124 Å². The highest BCUT2D eigenvalue weighted by molar-refractivity contribution is 7.90. The molecule has 1 aliphatic carbocycles. The van der Waals surface area contributed by atoms with Crippen LogP contribution in [0.4, 0.5) is 0 Å². The van der Waals surface area contributed by atoms with Gasteiger partial charge in [0.1, 0.15) is 17.0 Å². The molecule has 0 aliphatic heterocycles. The Morgan fingerprint density at radius 1 is 0.939 bits per heavy atom. The van der Waals surface area contributed by atoms with Gasteiger partial charge in [0.25, 0.3) is 0 Å². The van der Waals surface area contributed by atoms with Crippen molar-refractivity contribution in [2.45, 2.75) is 54.9 Å². The molecule has 1 fully saturated rings. The lowest BCUT2D eigenvalue weighted by Gasteiger charge is -2.38. The van der Waals surface area contributed by atoms with Crippen molar-refractivity contribution in [2.24, 2.45) is 11.7 Å². The Labute approximate surface area is 195 Å². The first-order chi connectivity index (χ1) is 15.4. The largest absolute Gasteiger partial charge is 0.457 e. The number of amides is 1. The zero-order valence-corrected chi connectivity index (χ0v) is 20.7. The first-order valence-corrected chi connectivity index (χ1v) is 14.1. The van der Waals surface area contributed by atoms with Crippen LogP contribution in [0.25, 0.3) is 0 Å². The molecule has 180 valence electrons. The standard InChI is InChI=1S/C23H30N2O6S2/c1-17(2)16-25(23(22(24)26)14-4-5-15-23)33(29,30)21-12-8-19(9-13-21)31-18-6-10-20(11-7-18)32(3,27)28/h6-13,17H,4-5,14-16H2,1-3H3,(H2,24,26). The third-order valence-corrected chi connectivity index (χ3v) is 8.87. The smallest absolute Gasteiger partial charge is 0.244 e. The number of ether oxygens (including phenoxy) is 1. The summed E-state index contributed by atoms with van der Waals surface area (Å²) in [4.78, 5) is 12.7. The van der Waals surface area contributed by atoms with Gasteiger partial charge in [-0.25, -0.2) is 16.8 Å². The van der Waals surface area contributed by atoms with E-state index in [4.69, 9.17) is 10.5 Å². The first kappa shape index (κ1) is 25.2. The lowest BCUT2D eigenvalue weighted by atomic mass is 9.96. The highest BCUT2D eigenvalue weighted by Crippen LogP contribution is 2.39. The van der Waals surface area contributed by atoms with Crippen LogP contribution in [0.1, 0.15) is 39.5 Å². The van der Waals surface area contributed by atoms with Gasteiger partial charge in [-0.1, -0.05) is 26.7 Å². The molecule has 0 radical (unpaired) electrons. The summed E-state index contributed by atoms with van der Waals surface area (Å²) in [7, 11) is -7.29. The fraction of sp³-hybridized carbons (Fsp3) is 0.435. The van der Waals surface area contributed by atoms with E-state index in [0.29, 0.717) is 24.3 Å². The van der Waals surface area contributed by atoms with Crippen molar-refractivity contribution in [3.8, 4) is 11.5 Å². The number of benzene rings is 2. The molecular weight excluding hydrogens is 464 g/mol. The summed E-state index contributed by atoms with van der Waals surface area (Å²) in [5.41, 5.74) is 4.52. The first-order valence-electron chi connectivity index (χ1n) is 10.8. The number of primary amides is 1. The van der Waals surface area contributed by atoms with E-state index in [1.165, 1.54) is 52.8 Å². The zero-order valence-electron chi connectivity index (χ0n) is 19.0. The van der Waals surface area contributed by atoms with Crippen LogP contribution in [-0.4, -0.2) is 45.4 Å². The molecule has 1 amide bonds. The van der Waals surface area contributed by atoms with E-state index >= 15 is 0 Å². The zero-order chi connectivity index (χ0) is 24.4. The number of nitrogens with two attached hydrogens (primary N) is 1. The molecule has 33 heavy (non-hydrogen) atoms. The number of carbonyl (C=O) groups is 1. The number of carbonyl (C=O) groups excluding carboxylic acids is 1. The van der Waals surface area contributed by atoms with Crippen LogP contribution >= 0.6 is 0 Å². The summed E-state index contributed by atoms with van der Waals surface area (Å²) in [6.07, 6.45) is 3.45. The average molecular weight is 495 g/mol. The third-order valence-electron chi connectivity index (χ3n) is 5.80. The molecule has 0 saturated heterocycles.